The van der Waals surface area contributed by atoms with Gasteiger partial charge in [0.25, 0.3) is 0 Å². The van der Waals surface area contributed by atoms with E-state index in [9.17, 15) is 4.79 Å². The Morgan fingerprint density at radius 3 is 2.87 bits per heavy atom. The van der Waals surface area contributed by atoms with Crippen molar-refractivity contribution in [3.63, 3.8) is 0 Å². The quantitative estimate of drug-likeness (QED) is 0.554. The smallest absolute Gasteiger partial charge is 0.172 e. The summed E-state index contributed by atoms with van der Waals surface area (Å²) in [4.78, 5) is 10.7. The van der Waals surface area contributed by atoms with Gasteiger partial charge in [-0.05, 0) is 25.7 Å². The number of carbonyl (C=O) groups excluding carboxylic acids is 1. The molecule has 1 aliphatic rings. The second-order valence-electron chi connectivity index (χ2n) is 3.91. The van der Waals surface area contributed by atoms with Gasteiger partial charge in [0.1, 0.15) is 5.69 Å². The van der Waals surface area contributed by atoms with Crippen LogP contribution in [0.4, 0.5) is 0 Å². The summed E-state index contributed by atoms with van der Waals surface area (Å²) in [7, 11) is 0. The van der Waals surface area contributed by atoms with Crippen LogP contribution >= 0.6 is 0 Å². The first-order valence-electron chi connectivity index (χ1n) is 5.36. The summed E-state index contributed by atoms with van der Waals surface area (Å²) >= 11 is 0. The SMILES string of the molecule is O=Cc1nnn(CCCCO)c1C1CC1. The predicted octanol–water partition coefficient (Wildman–Crippen LogP) is 0.740. The van der Waals surface area contributed by atoms with Gasteiger partial charge in [-0.25, -0.2) is 4.68 Å². The maximum Gasteiger partial charge on any atom is 0.172 e. The Morgan fingerprint density at radius 1 is 1.47 bits per heavy atom. The highest BCUT2D eigenvalue weighted by Gasteiger charge is 2.30. The minimum atomic E-state index is 0.202. The largest absolute Gasteiger partial charge is 0.396 e. The van der Waals surface area contributed by atoms with E-state index in [1.807, 2.05) is 4.68 Å². The minimum Gasteiger partial charge on any atom is -0.396 e. The topological polar surface area (TPSA) is 68.0 Å². The number of aromatic nitrogens is 3. The Balaban J connectivity index is 2.08. The summed E-state index contributed by atoms with van der Waals surface area (Å²) < 4.78 is 1.82. The molecule has 0 spiro atoms. The average molecular weight is 209 g/mol. The second kappa shape index (κ2) is 4.53. The maximum atomic E-state index is 10.7. The molecule has 0 amide bonds. The number of carbonyl (C=O) groups is 1. The van der Waals surface area contributed by atoms with Crippen molar-refractivity contribution in [2.45, 2.75) is 38.1 Å². The minimum absolute atomic E-state index is 0.202. The van der Waals surface area contributed by atoms with Gasteiger partial charge in [-0.2, -0.15) is 0 Å². The molecule has 1 aliphatic carbocycles. The summed E-state index contributed by atoms with van der Waals surface area (Å²) in [6, 6.07) is 0. The molecule has 0 saturated heterocycles. The number of hydrogen-bond acceptors (Lipinski definition) is 4. The molecule has 1 saturated carbocycles. The predicted molar refractivity (Wildman–Crippen MR) is 53.7 cm³/mol. The summed E-state index contributed by atoms with van der Waals surface area (Å²) in [6.45, 7) is 0.946. The van der Waals surface area contributed by atoms with Crippen LogP contribution in [0.5, 0.6) is 0 Å². The van der Waals surface area contributed by atoms with Crippen molar-refractivity contribution in [1.82, 2.24) is 15.0 Å². The fourth-order valence-electron chi connectivity index (χ4n) is 1.73. The Labute approximate surface area is 88.1 Å². The molecule has 1 heterocycles. The second-order valence-corrected chi connectivity index (χ2v) is 3.91. The molecule has 0 aromatic carbocycles. The van der Waals surface area contributed by atoms with Gasteiger partial charge in [0.15, 0.2) is 6.29 Å². The van der Waals surface area contributed by atoms with Crippen molar-refractivity contribution in [2.24, 2.45) is 0 Å². The molecule has 1 fully saturated rings. The molecule has 0 aliphatic heterocycles. The third kappa shape index (κ3) is 2.23. The molecule has 15 heavy (non-hydrogen) atoms. The average Bonchev–Trinajstić information content (AvgIpc) is 3.00. The van der Waals surface area contributed by atoms with E-state index in [2.05, 4.69) is 10.3 Å². The van der Waals surface area contributed by atoms with E-state index in [4.69, 9.17) is 5.11 Å². The number of aliphatic hydroxyl groups is 1. The third-order valence-corrected chi connectivity index (χ3v) is 2.65. The van der Waals surface area contributed by atoms with Gasteiger partial charge in [-0.15, -0.1) is 5.10 Å². The standard InChI is InChI=1S/C10H15N3O2/c14-6-2-1-5-13-10(8-3-4-8)9(7-15)11-12-13/h7-8,14H,1-6H2. The van der Waals surface area contributed by atoms with Gasteiger partial charge in [0.2, 0.25) is 0 Å². The number of aldehydes is 1. The van der Waals surface area contributed by atoms with Gasteiger partial charge in [-0.3, -0.25) is 4.79 Å². The van der Waals surface area contributed by atoms with E-state index in [1.165, 1.54) is 0 Å². The molecule has 0 radical (unpaired) electrons. The van der Waals surface area contributed by atoms with E-state index >= 15 is 0 Å². The normalized spacial score (nSPS) is 15.5. The van der Waals surface area contributed by atoms with Crippen molar-refractivity contribution in [1.29, 1.82) is 0 Å². The summed E-state index contributed by atoms with van der Waals surface area (Å²) in [5.41, 5.74) is 1.48. The van der Waals surface area contributed by atoms with Crippen molar-refractivity contribution >= 4 is 6.29 Å². The van der Waals surface area contributed by atoms with Gasteiger partial charge in [-0.1, -0.05) is 5.21 Å². The van der Waals surface area contributed by atoms with Crippen LogP contribution in [0, 0.1) is 0 Å². The zero-order chi connectivity index (χ0) is 10.7. The molecule has 0 bridgehead atoms. The molecule has 5 heteroatoms. The van der Waals surface area contributed by atoms with Crippen LogP contribution in [-0.2, 0) is 6.54 Å². The highest BCUT2D eigenvalue weighted by molar-refractivity contribution is 5.73. The van der Waals surface area contributed by atoms with Crippen LogP contribution in [0.3, 0.4) is 0 Å². The molecule has 5 nitrogen and oxygen atoms in total. The molecule has 1 aromatic heterocycles. The lowest BCUT2D eigenvalue weighted by Gasteiger charge is -2.04. The lowest BCUT2D eigenvalue weighted by molar-refractivity contribution is 0.111. The number of hydrogen-bond donors (Lipinski definition) is 1. The molecular formula is C10H15N3O2. The van der Waals surface area contributed by atoms with E-state index < -0.39 is 0 Å². The van der Waals surface area contributed by atoms with Crippen LogP contribution in [0.15, 0.2) is 0 Å². The highest BCUT2D eigenvalue weighted by Crippen LogP contribution is 2.40. The molecule has 1 N–H and O–H groups in total. The van der Waals surface area contributed by atoms with Gasteiger partial charge in [0, 0.05) is 19.1 Å². The van der Waals surface area contributed by atoms with Gasteiger partial charge in [0.05, 0.1) is 5.69 Å². The van der Waals surface area contributed by atoms with Crippen LogP contribution < -0.4 is 0 Å². The Kier molecular flexibility index (Phi) is 3.11. The number of nitrogens with zero attached hydrogens (tertiary/aromatic N) is 3. The summed E-state index contributed by atoms with van der Waals surface area (Å²) in [5.74, 6) is 0.481. The summed E-state index contributed by atoms with van der Waals surface area (Å²) in [6.07, 6.45) is 4.68. The monoisotopic (exact) mass is 209 g/mol. The third-order valence-electron chi connectivity index (χ3n) is 2.65. The fourth-order valence-corrected chi connectivity index (χ4v) is 1.73. The molecule has 1 aromatic rings. The Hall–Kier alpha value is -1.23. The molecule has 2 rings (SSSR count). The number of aryl methyl sites for hydroxylation is 1. The first-order valence-corrected chi connectivity index (χ1v) is 5.36. The zero-order valence-corrected chi connectivity index (χ0v) is 8.59. The first-order chi connectivity index (χ1) is 7.36. The van der Waals surface area contributed by atoms with E-state index in [0.29, 0.717) is 11.6 Å². The van der Waals surface area contributed by atoms with Crippen molar-refractivity contribution in [2.75, 3.05) is 6.61 Å². The van der Waals surface area contributed by atoms with E-state index in [1.54, 1.807) is 0 Å². The molecule has 82 valence electrons. The van der Waals surface area contributed by atoms with Crippen molar-refractivity contribution in [3.8, 4) is 0 Å². The summed E-state index contributed by atoms with van der Waals surface area (Å²) in [5, 5.41) is 16.5. The van der Waals surface area contributed by atoms with Gasteiger partial charge >= 0.3 is 0 Å². The van der Waals surface area contributed by atoms with Crippen LogP contribution in [-0.4, -0.2) is 33.0 Å². The van der Waals surface area contributed by atoms with Crippen LogP contribution in [0.25, 0.3) is 0 Å². The maximum absolute atomic E-state index is 10.7. The molecule has 0 atom stereocenters. The van der Waals surface area contributed by atoms with Crippen LogP contribution in [0.1, 0.15) is 47.8 Å². The molecular weight excluding hydrogens is 194 g/mol. The molecule has 0 unspecified atom stereocenters. The van der Waals surface area contributed by atoms with E-state index in [0.717, 1.165) is 44.2 Å². The highest BCUT2D eigenvalue weighted by atomic mass is 16.2. The lowest BCUT2D eigenvalue weighted by Crippen LogP contribution is -2.06. The number of unbranched alkanes of at least 4 members (excludes halogenated alkanes) is 1. The van der Waals surface area contributed by atoms with Gasteiger partial charge < -0.3 is 5.11 Å². The van der Waals surface area contributed by atoms with Crippen LogP contribution in [0.2, 0.25) is 0 Å². The Bertz CT molecular complexity index is 344. The Morgan fingerprint density at radius 2 is 2.27 bits per heavy atom. The van der Waals surface area contributed by atoms with E-state index in [-0.39, 0.29) is 6.61 Å². The van der Waals surface area contributed by atoms with Crippen molar-refractivity contribution in [3.05, 3.63) is 11.4 Å². The lowest BCUT2D eigenvalue weighted by atomic mass is 10.2. The zero-order valence-electron chi connectivity index (χ0n) is 8.59. The number of rotatable bonds is 6. The van der Waals surface area contributed by atoms with Crippen molar-refractivity contribution < 1.29 is 9.90 Å². The first kappa shape index (κ1) is 10.3. The number of aliphatic hydroxyl groups excluding tert-OH is 1. The fraction of sp³-hybridized carbons (Fsp3) is 0.700.